The Kier molecular flexibility index (Phi) is 7.30. The molecule has 0 aromatic heterocycles. The molecule has 0 radical (unpaired) electrons. The van der Waals surface area contributed by atoms with E-state index >= 15 is 0 Å². The highest BCUT2D eigenvalue weighted by Gasteiger charge is 2.30. The van der Waals surface area contributed by atoms with Crippen LogP contribution in [0.2, 0.25) is 0 Å². The predicted octanol–water partition coefficient (Wildman–Crippen LogP) is 3.09. The van der Waals surface area contributed by atoms with Crippen molar-refractivity contribution in [3.05, 3.63) is 23.3 Å². The van der Waals surface area contributed by atoms with Gasteiger partial charge >= 0.3 is 0 Å². The van der Waals surface area contributed by atoms with Crippen molar-refractivity contribution in [3.63, 3.8) is 0 Å². The van der Waals surface area contributed by atoms with Crippen molar-refractivity contribution in [2.45, 2.75) is 54.1 Å². The number of hydrogen-bond donors (Lipinski definition) is 0. The van der Waals surface area contributed by atoms with E-state index < -0.39 is 22.4 Å². The fourth-order valence-electron chi connectivity index (χ4n) is 2.69. The Morgan fingerprint density at radius 1 is 0.778 bits per heavy atom. The van der Waals surface area contributed by atoms with Crippen LogP contribution in [0.3, 0.4) is 0 Å². The Hall–Kier alpha value is -0.730. The first-order chi connectivity index (χ1) is 12.4. The van der Waals surface area contributed by atoms with Crippen LogP contribution in [0.5, 0.6) is 0 Å². The summed E-state index contributed by atoms with van der Waals surface area (Å²) in [6.45, 7) is 14.3. The molecule has 0 saturated carbocycles. The highest BCUT2D eigenvalue weighted by atomic mass is 32.2. The summed E-state index contributed by atoms with van der Waals surface area (Å²) in [5.41, 5.74) is 1.56. The lowest BCUT2D eigenvalue weighted by Crippen LogP contribution is -2.38. The second-order valence-electron chi connectivity index (χ2n) is 9.21. The lowest BCUT2D eigenvalue weighted by Gasteiger charge is -2.35. The third-order valence-corrected chi connectivity index (χ3v) is 5.91. The van der Waals surface area contributed by atoms with Crippen LogP contribution in [-0.2, 0) is 28.8 Å². The molecule has 2 rings (SSSR count). The minimum atomic E-state index is -3.27. The van der Waals surface area contributed by atoms with Crippen molar-refractivity contribution in [1.82, 2.24) is 0 Å². The maximum absolute atomic E-state index is 12.4. The largest absolute Gasteiger partial charge is 0.348 e. The van der Waals surface area contributed by atoms with Gasteiger partial charge < -0.3 is 18.9 Å². The molecule has 0 amide bonds. The van der Waals surface area contributed by atoms with Crippen LogP contribution in [0, 0.1) is 10.8 Å². The second kappa shape index (κ2) is 8.74. The molecule has 2 aliphatic heterocycles. The molecule has 2 heterocycles. The Balaban J connectivity index is 1.85. The molecule has 156 valence electrons. The number of rotatable bonds is 6. The zero-order chi connectivity index (χ0) is 20.3. The van der Waals surface area contributed by atoms with Gasteiger partial charge in [0.15, 0.2) is 22.4 Å². The zero-order valence-electron chi connectivity index (χ0n) is 17.4. The van der Waals surface area contributed by atoms with E-state index in [0.717, 1.165) is 11.1 Å². The van der Waals surface area contributed by atoms with Crippen LogP contribution in [0.25, 0.3) is 0 Å². The van der Waals surface area contributed by atoms with E-state index in [9.17, 15) is 8.42 Å². The summed E-state index contributed by atoms with van der Waals surface area (Å²) in [6, 6.07) is 0. The molecule has 0 N–H and O–H groups in total. The molecule has 0 bridgehead atoms. The fourth-order valence-corrected chi connectivity index (χ4v) is 3.86. The Labute approximate surface area is 163 Å². The third-order valence-electron chi connectivity index (χ3n) is 4.56. The average Bonchev–Trinajstić information content (AvgIpc) is 2.58. The number of ether oxygens (including phenoxy) is 4. The summed E-state index contributed by atoms with van der Waals surface area (Å²) in [5, 5.41) is 0. The summed E-state index contributed by atoms with van der Waals surface area (Å²) < 4.78 is 47.5. The second-order valence-corrected chi connectivity index (χ2v) is 11.4. The van der Waals surface area contributed by atoms with Crippen LogP contribution in [0.1, 0.15) is 41.5 Å². The first kappa shape index (κ1) is 22.6. The molecular weight excluding hydrogens is 368 g/mol. The molecule has 2 saturated heterocycles. The molecular formula is C20H34O6S. The maximum atomic E-state index is 12.4. The van der Waals surface area contributed by atoms with Gasteiger partial charge in [-0.15, -0.1) is 0 Å². The van der Waals surface area contributed by atoms with Crippen molar-refractivity contribution in [2.24, 2.45) is 10.8 Å². The van der Waals surface area contributed by atoms with Crippen molar-refractivity contribution in [3.8, 4) is 0 Å². The fraction of sp³-hybridized carbons (Fsp3) is 0.800. The lowest BCUT2D eigenvalue weighted by molar-refractivity contribution is -0.202. The molecule has 0 atom stereocenters. The Bertz CT molecular complexity index is 603. The highest BCUT2D eigenvalue weighted by molar-refractivity contribution is 7.91. The van der Waals surface area contributed by atoms with Gasteiger partial charge in [-0.25, -0.2) is 8.42 Å². The molecule has 0 aliphatic carbocycles. The normalized spacial score (nSPS) is 25.6. The SMILES string of the molecule is CC(=CCS(=O)(=O)CC=C(C)C1OCC(C)(C)CO1)C1OCC(C)(C)CO1. The molecule has 0 spiro atoms. The summed E-state index contributed by atoms with van der Waals surface area (Å²) in [6.07, 6.45) is 2.44. The third kappa shape index (κ3) is 7.31. The van der Waals surface area contributed by atoms with Crippen molar-refractivity contribution in [1.29, 1.82) is 0 Å². The molecule has 2 aliphatic rings. The summed E-state index contributed by atoms with van der Waals surface area (Å²) >= 11 is 0. The molecule has 0 aromatic carbocycles. The smallest absolute Gasteiger partial charge is 0.179 e. The number of hydrogen-bond acceptors (Lipinski definition) is 6. The van der Waals surface area contributed by atoms with Gasteiger partial charge in [-0.2, -0.15) is 0 Å². The molecule has 7 heteroatoms. The summed E-state index contributed by atoms with van der Waals surface area (Å²) in [5.74, 6) is -0.0940. The van der Waals surface area contributed by atoms with Gasteiger partial charge in [-0.3, -0.25) is 0 Å². The first-order valence-electron chi connectivity index (χ1n) is 9.39. The van der Waals surface area contributed by atoms with E-state index in [1.54, 1.807) is 12.2 Å². The van der Waals surface area contributed by atoms with Crippen LogP contribution < -0.4 is 0 Å². The summed E-state index contributed by atoms with van der Waals surface area (Å²) in [4.78, 5) is 0. The van der Waals surface area contributed by atoms with E-state index in [2.05, 4.69) is 27.7 Å². The minimum absolute atomic E-state index is 0.0103. The van der Waals surface area contributed by atoms with E-state index in [1.165, 1.54) is 0 Å². The van der Waals surface area contributed by atoms with Crippen LogP contribution in [0.15, 0.2) is 23.3 Å². The molecule has 0 unspecified atom stereocenters. The maximum Gasteiger partial charge on any atom is 0.179 e. The summed E-state index contributed by atoms with van der Waals surface area (Å²) in [7, 11) is -3.27. The van der Waals surface area contributed by atoms with Crippen LogP contribution in [-0.4, -0.2) is 58.9 Å². The molecule has 27 heavy (non-hydrogen) atoms. The van der Waals surface area contributed by atoms with E-state index in [1.807, 2.05) is 13.8 Å². The first-order valence-corrected chi connectivity index (χ1v) is 11.2. The quantitative estimate of drug-likeness (QED) is 0.636. The highest BCUT2D eigenvalue weighted by Crippen LogP contribution is 2.27. The van der Waals surface area contributed by atoms with Crippen molar-refractivity contribution < 1.29 is 27.4 Å². The van der Waals surface area contributed by atoms with E-state index in [0.29, 0.717) is 26.4 Å². The molecule has 0 aromatic rings. The zero-order valence-corrected chi connectivity index (χ0v) is 18.2. The van der Waals surface area contributed by atoms with Crippen molar-refractivity contribution in [2.75, 3.05) is 37.9 Å². The van der Waals surface area contributed by atoms with Gasteiger partial charge in [0.1, 0.15) is 0 Å². The van der Waals surface area contributed by atoms with E-state index in [4.69, 9.17) is 18.9 Å². The lowest BCUT2D eigenvalue weighted by atomic mass is 9.95. The van der Waals surface area contributed by atoms with Gasteiger partial charge in [0.2, 0.25) is 0 Å². The standard InChI is InChI=1S/C20H34O6S/c1-15(17-23-11-19(3,4)12-24-17)7-9-27(21,22)10-8-16(2)18-25-13-20(5,6)14-26-18/h7-8,17-18H,9-14H2,1-6H3. The minimum Gasteiger partial charge on any atom is -0.348 e. The Morgan fingerprint density at radius 3 is 1.37 bits per heavy atom. The van der Waals surface area contributed by atoms with Crippen molar-refractivity contribution >= 4 is 9.84 Å². The van der Waals surface area contributed by atoms with Gasteiger partial charge in [0.05, 0.1) is 37.9 Å². The van der Waals surface area contributed by atoms with Gasteiger partial charge in [0, 0.05) is 10.8 Å². The van der Waals surface area contributed by atoms with Gasteiger partial charge in [-0.1, -0.05) is 39.8 Å². The number of sulfone groups is 1. The topological polar surface area (TPSA) is 71.1 Å². The monoisotopic (exact) mass is 402 g/mol. The van der Waals surface area contributed by atoms with Gasteiger partial charge in [0.25, 0.3) is 0 Å². The van der Waals surface area contributed by atoms with Gasteiger partial charge in [-0.05, 0) is 25.0 Å². The average molecular weight is 403 g/mol. The van der Waals surface area contributed by atoms with Crippen LogP contribution >= 0.6 is 0 Å². The van der Waals surface area contributed by atoms with Crippen LogP contribution in [0.4, 0.5) is 0 Å². The Morgan fingerprint density at radius 2 is 1.07 bits per heavy atom. The predicted molar refractivity (Wildman–Crippen MR) is 105 cm³/mol. The van der Waals surface area contributed by atoms with E-state index in [-0.39, 0.29) is 22.3 Å². The molecule has 2 fully saturated rings. The molecule has 6 nitrogen and oxygen atoms in total.